The highest BCUT2D eigenvalue weighted by Crippen LogP contribution is 2.14. The van der Waals surface area contributed by atoms with Crippen molar-refractivity contribution in [3.05, 3.63) is 35.9 Å². The summed E-state index contributed by atoms with van der Waals surface area (Å²) in [5, 5.41) is 3.46. The Kier molecular flexibility index (Phi) is 5.26. The SMILES string of the molecule is CC1CNCC(C)N1Cc1ccccc1.Cl. The fourth-order valence-electron chi connectivity index (χ4n) is 2.28. The van der Waals surface area contributed by atoms with Crippen molar-refractivity contribution in [2.24, 2.45) is 0 Å². The summed E-state index contributed by atoms with van der Waals surface area (Å²) < 4.78 is 0. The Balaban J connectivity index is 0.00000128. The normalized spacial score (nSPS) is 26.1. The van der Waals surface area contributed by atoms with E-state index in [0.29, 0.717) is 12.1 Å². The maximum absolute atomic E-state index is 3.46. The molecule has 1 N–H and O–H groups in total. The number of nitrogens with one attached hydrogen (secondary N) is 1. The van der Waals surface area contributed by atoms with Crippen LogP contribution < -0.4 is 5.32 Å². The molecule has 0 saturated carbocycles. The summed E-state index contributed by atoms with van der Waals surface area (Å²) in [6.45, 7) is 7.89. The minimum atomic E-state index is 0. The lowest BCUT2D eigenvalue weighted by atomic mass is 10.1. The number of halogens is 1. The van der Waals surface area contributed by atoms with Gasteiger partial charge in [-0.3, -0.25) is 4.90 Å². The third-order valence-corrected chi connectivity index (χ3v) is 3.22. The molecule has 2 atom stereocenters. The Hall–Kier alpha value is -0.570. The standard InChI is InChI=1S/C13H20N2.ClH/c1-11-8-14-9-12(2)15(11)10-13-6-4-3-5-7-13;/h3-7,11-12,14H,8-10H2,1-2H3;1H. The fraction of sp³-hybridized carbons (Fsp3) is 0.538. The summed E-state index contributed by atoms with van der Waals surface area (Å²) >= 11 is 0. The molecule has 2 unspecified atom stereocenters. The van der Waals surface area contributed by atoms with Crippen LogP contribution in [-0.2, 0) is 6.54 Å². The molecule has 1 fully saturated rings. The van der Waals surface area contributed by atoms with Gasteiger partial charge in [-0.2, -0.15) is 0 Å². The van der Waals surface area contributed by atoms with Gasteiger partial charge in [0.2, 0.25) is 0 Å². The van der Waals surface area contributed by atoms with Gasteiger partial charge in [0.1, 0.15) is 0 Å². The van der Waals surface area contributed by atoms with E-state index in [1.807, 2.05) is 0 Å². The molecule has 1 aliphatic heterocycles. The molecule has 1 aliphatic rings. The van der Waals surface area contributed by atoms with Gasteiger partial charge in [-0.25, -0.2) is 0 Å². The fourth-order valence-corrected chi connectivity index (χ4v) is 2.28. The second-order valence-corrected chi connectivity index (χ2v) is 4.51. The van der Waals surface area contributed by atoms with Gasteiger partial charge < -0.3 is 5.32 Å². The van der Waals surface area contributed by atoms with Crippen molar-refractivity contribution >= 4 is 12.4 Å². The van der Waals surface area contributed by atoms with Crippen LogP contribution in [0.15, 0.2) is 30.3 Å². The van der Waals surface area contributed by atoms with Crippen LogP contribution >= 0.6 is 12.4 Å². The summed E-state index contributed by atoms with van der Waals surface area (Å²) in [6.07, 6.45) is 0. The molecule has 16 heavy (non-hydrogen) atoms. The van der Waals surface area contributed by atoms with Crippen LogP contribution in [0.5, 0.6) is 0 Å². The van der Waals surface area contributed by atoms with Crippen molar-refractivity contribution in [1.82, 2.24) is 10.2 Å². The molecule has 1 saturated heterocycles. The number of rotatable bonds is 2. The van der Waals surface area contributed by atoms with E-state index >= 15 is 0 Å². The van der Waals surface area contributed by atoms with Crippen molar-refractivity contribution in [2.45, 2.75) is 32.5 Å². The maximum atomic E-state index is 3.46. The van der Waals surface area contributed by atoms with Crippen LogP contribution in [0.1, 0.15) is 19.4 Å². The molecule has 1 aromatic rings. The van der Waals surface area contributed by atoms with Gasteiger partial charge >= 0.3 is 0 Å². The molecule has 0 aliphatic carbocycles. The molecule has 0 bridgehead atoms. The Morgan fingerprint density at radius 2 is 1.69 bits per heavy atom. The average molecular weight is 241 g/mol. The molecular formula is C13H21ClN2. The van der Waals surface area contributed by atoms with Gasteiger partial charge in [-0.05, 0) is 19.4 Å². The van der Waals surface area contributed by atoms with Crippen LogP contribution in [0.4, 0.5) is 0 Å². The van der Waals surface area contributed by atoms with Crippen molar-refractivity contribution < 1.29 is 0 Å². The number of hydrogen-bond donors (Lipinski definition) is 1. The zero-order valence-corrected chi connectivity index (χ0v) is 10.8. The quantitative estimate of drug-likeness (QED) is 0.854. The number of nitrogens with zero attached hydrogens (tertiary/aromatic N) is 1. The summed E-state index contributed by atoms with van der Waals surface area (Å²) in [4.78, 5) is 2.58. The highest BCUT2D eigenvalue weighted by molar-refractivity contribution is 5.85. The van der Waals surface area contributed by atoms with E-state index in [1.54, 1.807) is 0 Å². The monoisotopic (exact) mass is 240 g/mol. The largest absolute Gasteiger partial charge is 0.314 e. The molecule has 2 rings (SSSR count). The van der Waals surface area contributed by atoms with Gasteiger partial charge in [0.05, 0.1) is 0 Å². The molecule has 90 valence electrons. The highest BCUT2D eigenvalue weighted by atomic mass is 35.5. The van der Waals surface area contributed by atoms with Crippen molar-refractivity contribution in [2.75, 3.05) is 13.1 Å². The summed E-state index contributed by atoms with van der Waals surface area (Å²) in [6, 6.07) is 12.0. The third-order valence-electron chi connectivity index (χ3n) is 3.22. The minimum absolute atomic E-state index is 0. The van der Waals surface area contributed by atoms with E-state index in [2.05, 4.69) is 54.4 Å². The van der Waals surface area contributed by atoms with Crippen LogP contribution in [-0.4, -0.2) is 30.1 Å². The van der Waals surface area contributed by atoms with Crippen molar-refractivity contribution in [3.8, 4) is 0 Å². The van der Waals surface area contributed by atoms with E-state index in [0.717, 1.165) is 19.6 Å². The lowest BCUT2D eigenvalue weighted by Crippen LogP contribution is -2.54. The molecule has 0 radical (unpaired) electrons. The van der Waals surface area contributed by atoms with E-state index in [4.69, 9.17) is 0 Å². The second-order valence-electron chi connectivity index (χ2n) is 4.51. The predicted octanol–water partition coefficient (Wildman–Crippen LogP) is 2.29. The average Bonchev–Trinajstić information content (AvgIpc) is 2.25. The van der Waals surface area contributed by atoms with E-state index in [1.165, 1.54) is 5.56 Å². The first kappa shape index (κ1) is 13.5. The molecule has 1 heterocycles. The van der Waals surface area contributed by atoms with Gasteiger partial charge in [0, 0.05) is 31.7 Å². The summed E-state index contributed by atoms with van der Waals surface area (Å²) in [5.41, 5.74) is 1.41. The van der Waals surface area contributed by atoms with Gasteiger partial charge in [-0.15, -0.1) is 12.4 Å². The maximum Gasteiger partial charge on any atom is 0.0240 e. The van der Waals surface area contributed by atoms with Gasteiger partial charge in [0.15, 0.2) is 0 Å². The lowest BCUT2D eigenvalue weighted by Gasteiger charge is -2.39. The Morgan fingerprint density at radius 1 is 1.12 bits per heavy atom. The zero-order valence-electron chi connectivity index (χ0n) is 10.0. The summed E-state index contributed by atoms with van der Waals surface area (Å²) in [7, 11) is 0. The number of hydrogen-bond acceptors (Lipinski definition) is 2. The van der Waals surface area contributed by atoms with Crippen molar-refractivity contribution in [1.29, 1.82) is 0 Å². The van der Waals surface area contributed by atoms with Crippen molar-refractivity contribution in [3.63, 3.8) is 0 Å². The van der Waals surface area contributed by atoms with E-state index in [-0.39, 0.29) is 12.4 Å². The molecule has 1 aromatic carbocycles. The second kappa shape index (κ2) is 6.24. The van der Waals surface area contributed by atoms with Crippen LogP contribution in [0.3, 0.4) is 0 Å². The topological polar surface area (TPSA) is 15.3 Å². The highest BCUT2D eigenvalue weighted by Gasteiger charge is 2.23. The van der Waals surface area contributed by atoms with Gasteiger partial charge in [-0.1, -0.05) is 30.3 Å². The first-order chi connectivity index (χ1) is 7.27. The molecule has 0 spiro atoms. The van der Waals surface area contributed by atoms with Crippen LogP contribution in [0, 0.1) is 0 Å². The molecular weight excluding hydrogens is 220 g/mol. The summed E-state index contributed by atoms with van der Waals surface area (Å²) in [5.74, 6) is 0. The Bertz CT molecular complexity index is 292. The minimum Gasteiger partial charge on any atom is -0.314 e. The predicted molar refractivity (Wildman–Crippen MR) is 71.0 cm³/mol. The number of benzene rings is 1. The third kappa shape index (κ3) is 3.21. The first-order valence-corrected chi connectivity index (χ1v) is 5.78. The Morgan fingerprint density at radius 3 is 2.25 bits per heavy atom. The van der Waals surface area contributed by atoms with Crippen LogP contribution in [0.2, 0.25) is 0 Å². The van der Waals surface area contributed by atoms with E-state index < -0.39 is 0 Å². The smallest absolute Gasteiger partial charge is 0.0240 e. The van der Waals surface area contributed by atoms with E-state index in [9.17, 15) is 0 Å². The van der Waals surface area contributed by atoms with Gasteiger partial charge in [0.25, 0.3) is 0 Å². The molecule has 0 amide bonds. The number of piperazine rings is 1. The molecule has 2 nitrogen and oxygen atoms in total. The molecule has 3 heteroatoms. The Labute approximate surface area is 104 Å². The van der Waals surface area contributed by atoms with Crippen LogP contribution in [0.25, 0.3) is 0 Å². The molecule has 0 aromatic heterocycles. The lowest BCUT2D eigenvalue weighted by molar-refractivity contribution is 0.109. The first-order valence-electron chi connectivity index (χ1n) is 5.78. The zero-order chi connectivity index (χ0) is 10.7.